The zero-order chi connectivity index (χ0) is 16.2. The number of amides is 1. The van der Waals surface area contributed by atoms with E-state index in [1.807, 2.05) is 0 Å². The summed E-state index contributed by atoms with van der Waals surface area (Å²) in [6, 6.07) is 4.33. The number of hydrogen-bond acceptors (Lipinski definition) is 4. The van der Waals surface area contributed by atoms with Crippen LogP contribution in [0.3, 0.4) is 0 Å². The lowest BCUT2D eigenvalue weighted by molar-refractivity contribution is -0.137. The number of benzene rings is 1. The number of nitrogens with zero attached hydrogens (tertiary/aromatic N) is 1. The maximum atomic E-state index is 12.5. The maximum absolute atomic E-state index is 12.5. The Bertz CT molecular complexity index is 636. The van der Waals surface area contributed by atoms with Gasteiger partial charge in [-0.3, -0.25) is 4.79 Å². The number of carbonyl (C=O) groups excluding carboxylic acids is 1. The van der Waals surface area contributed by atoms with Crippen LogP contribution in [0.4, 0.5) is 13.2 Å². The molecule has 8 heteroatoms. The number of rotatable bonds is 5. The summed E-state index contributed by atoms with van der Waals surface area (Å²) in [6.07, 6.45) is -3.25. The number of hydrogen-bond donors (Lipinski definition) is 1. The van der Waals surface area contributed by atoms with Crippen molar-refractivity contribution < 1.29 is 27.1 Å². The molecule has 0 saturated heterocycles. The topological polar surface area (TPSA) is 64.4 Å². The van der Waals surface area contributed by atoms with E-state index in [1.165, 1.54) is 19.2 Å². The van der Waals surface area contributed by atoms with Gasteiger partial charge in [-0.1, -0.05) is 0 Å². The second kappa shape index (κ2) is 6.61. The summed E-state index contributed by atoms with van der Waals surface area (Å²) in [5, 5.41) is 2.56. The summed E-state index contributed by atoms with van der Waals surface area (Å²) < 4.78 is 47.3. The molecule has 5 nitrogen and oxygen atoms in total. The molecule has 118 valence electrons. The highest BCUT2D eigenvalue weighted by Gasteiger charge is 2.30. The van der Waals surface area contributed by atoms with Crippen LogP contribution in [-0.4, -0.2) is 31.2 Å². The number of halogens is 3. The summed E-state index contributed by atoms with van der Waals surface area (Å²) in [5.74, 6) is -0.371. The third kappa shape index (κ3) is 3.85. The quantitative estimate of drug-likeness (QED) is 0.862. The van der Waals surface area contributed by atoms with Crippen LogP contribution in [0.15, 0.2) is 34.9 Å². The van der Waals surface area contributed by atoms with Crippen molar-refractivity contribution in [2.45, 2.75) is 6.18 Å². The number of carbonyl (C=O) groups is 1. The van der Waals surface area contributed by atoms with Gasteiger partial charge in [0.05, 0.1) is 12.2 Å². The van der Waals surface area contributed by atoms with Crippen LogP contribution in [0.1, 0.15) is 16.1 Å². The molecule has 1 aromatic heterocycles. The van der Waals surface area contributed by atoms with Gasteiger partial charge in [-0.05, 0) is 24.3 Å². The Kier molecular flexibility index (Phi) is 4.81. The highest BCUT2D eigenvalue weighted by Crippen LogP contribution is 2.30. The number of ether oxygens (including phenoxy) is 1. The first-order valence-corrected chi connectivity index (χ1v) is 6.32. The molecular formula is C14H13F3N2O3. The van der Waals surface area contributed by atoms with Crippen molar-refractivity contribution in [3.63, 3.8) is 0 Å². The van der Waals surface area contributed by atoms with E-state index in [4.69, 9.17) is 9.15 Å². The Balaban J connectivity index is 2.09. The van der Waals surface area contributed by atoms with Crippen molar-refractivity contribution in [3.8, 4) is 11.5 Å². The van der Waals surface area contributed by atoms with E-state index < -0.39 is 17.6 Å². The molecule has 22 heavy (non-hydrogen) atoms. The Hall–Kier alpha value is -2.35. The monoisotopic (exact) mass is 314 g/mol. The predicted molar refractivity (Wildman–Crippen MR) is 71.2 cm³/mol. The molecule has 1 N–H and O–H groups in total. The van der Waals surface area contributed by atoms with Crippen LogP contribution >= 0.6 is 0 Å². The molecule has 0 unspecified atom stereocenters. The Morgan fingerprint density at radius 3 is 2.59 bits per heavy atom. The summed E-state index contributed by atoms with van der Waals surface area (Å²) in [7, 11) is 1.50. The van der Waals surface area contributed by atoms with Crippen molar-refractivity contribution in [3.05, 3.63) is 41.8 Å². The number of alkyl halides is 3. The van der Waals surface area contributed by atoms with Crippen molar-refractivity contribution in [1.82, 2.24) is 10.3 Å². The third-order valence-electron chi connectivity index (χ3n) is 2.79. The van der Waals surface area contributed by atoms with Gasteiger partial charge in [0.25, 0.3) is 5.91 Å². The molecule has 2 aromatic rings. The van der Waals surface area contributed by atoms with Crippen molar-refractivity contribution in [2.75, 3.05) is 20.3 Å². The fraction of sp³-hybridized carbons (Fsp3) is 0.286. The predicted octanol–water partition coefficient (Wildman–Crippen LogP) is 2.74. The van der Waals surface area contributed by atoms with Crippen LogP contribution in [0.2, 0.25) is 0 Å². The Morgan fingerprint density at radius 2 is 2.00 bits per heavy atom. The molecule has 0 radical (unpaired) electrons. The molecule has 1 heterocycles. The molecule has 0 saturated carbocycles. The molecule has 0 aliphatic heterocycles. The van der Waals surface area contributed by atoms with E-state index in [0.29, 0.717) is 18.7 Å². The van der Waals surface area contributed by atoms with E-state index in [-0.39, 0.29) is 11.6 Å². The lowest BCUT2D eigenvalue weighted by Gasteiger charge is -2.06. The summed E-state index contributed by atoms with van der Waals surface area (Å²) in [6.45, 7) is 0.674. The molecule has 0 aliphatic carbocycles. The largest absolute Gasteiger partial charge is 0.444 e. The normalized spacial score (nSPS) is 11.5. The second-order valence-corrected chi connectivity index (χ2v) is 4.36. The van der Waals surface area contributed by atoms with E-state index in [9.17, 15) is 18.0 Å². The van der Waals surface area contributed by atoms with Gasteiger partial charge in [-0.2, -0.15) is 13.2 Å². The zero-order valence-electron chi connectivity index (χ0n) is 11.6. The minimum absolute atomic E-state index is 0.0472. The minimum atomic E-state index is -4.40. The first-order chi connectivity index (χ1) is 10.4. The minimum Gasteiger partial charge on any atom is -0.444 e. The van der Waals surface area contributed by atoms with E-state index in [0.717, 1.165) is 18.4 Å². The van der Waals surface area contributed by atoms with Crippen LogP contribution in [0, 0.1) is 0 Å². The number of methoxy groups -OCH3 is 1. The second-order valence-electron chi connectivity index (χ2n) is 4.36. The fourth-order valence-corrected chi connectivity index (χ4v) is 1.67. The number of nitrogens with one attached hydrogen (secondary N) is 1. The average Bonchev–Trinajstić information content (AvgIpc) is 2.96. The van der Waals surface area contributed by atoms with Crippen molar-refractivity contribution in [1.29, 1.82) is 0 Å². The van der Waals surface area contributed by atoms with Crippen LogP contribution in [0.5, 0.6) is 0 Å². The van der Waals surface area contributed by atoms with E-state index >= 15 is 0 Å². The van der Waals surface area contributed by atoms with Gasteiger partial charge in [0.1, 0.15) is 6.26 Å². The van der Waals surface area contributed by atoms with E-state index in [1.54, 1.807) is 0 Å². The molecule has 1 amide bonds. The lowest BCUT2D eigenvalue weighted by atomic mass is 10.1. The highest BCUT2D eigenvalue weighted by atomic mass is 19.4. The Morgan fingerprint density at radius 1 is 1.32 bits per heavy atom. The Labute approximate surface area is 124 Å². The van der Waals surface area contributed by atoms with Crippen LogP contribution < -0.4 is 5.32 Å². The molecule has 0 fully saturated rings. The first kappa shape index (κ1) is 16.0. The van der Waals surface area contributed by atoms with Crippen molar-refractivity contribution in [2.24, 2.45) is 0 Å². The molecule has 0 aliphatic rings. The zero-order valence-corrected chi connectivity index (χ0v) is 11.6. The standard InChI is InChI=1S/C14H13F3N2O3/c1-21-7-6-18-12(20)11-8-22-13(19-11)9-2-4-10(5-3-9)14(15,16)17/h2-5,8H,6-7H2,1H3,(H,18,20). The maximum Gasteiger partial charge on any atom is 0.416 e. The smallest absolute Gasteiger partial charge is 0.416 e. The van der Waals surface area contributed by atoms with Gasteiger partial charge in [0, 0.05) is 19.2 Å². The molecule has 2 rings (SSSR count). The average molecular weight is 314 g/mol. The van der Waals surface area contributed by atoms with Gasteiger partial charge >= 0.3 is 6.18 Å². The molecular weight excluding hydrogens is 301 g/mol. The van der Waals surface area contributed by atoms with Crippen LogP contribution in [0.25, 0.3) is 11.5 Å². The molecule has 0 spiro atoms. The molecule has 1 aromatic carbocycles. The molecule has 0 atom stereocenters. The van der Waals surface area contributed by atoms with Gasteiger partial charge in [-0.15, -0.1) is 0 Å². The number of aromatic nitrogens is 1. The van der Waals surface area contributed by atoms with Gasteiger partial charge in [0.2, 0.25) is 5.89 Å². The SMILES string of the molecule is COCCNC(=O)c1coc(-c2ccc(C(F)(F)F)cc2)n1. The van der Waals surface area contributed by atoms with Gasteiger partial charge in [0.15, 0.2) is 5.69 Å². The molecule has 0 bridgehead atoms. The number of oxazole rings is 1. The third-order valence-corrected chi connectivity index (χ3v) is 2.79. The fourth-order valence-electron chi connectivity index (χ4n) is 1.67. The highest BCUT2D eigenvalue weighted by molar-refractivity contribution is 5.92. The summed E-state index contributed by atoms with van der Waals surface area (Å²) in [4.78, 5) is 15.7. The first-order valence-electron chi connectivity index (χ1n) is 6.32. The van der Waals surface area contributed by atoms with Crippen LogP contribution in [-0.2, 0) is 10.9 Å². The van der Waals surface area contributed by atoms with Gasteiger partial charge < -0.3 is 14.5 Å². The summed E-state index contributed by atoms with van der Waals surface area (Å²) >= 11 is 0. The van der Waals surface area contributed by atoms with Gasteiger partial charge in [-0.25, -0.2) is 4.98 Å². The lowest BCUT2D eigenvalue weighted by Crippen LogP contribution is -2.27. The van der Waals surface area contributed by atoms with E-state index in [2.05, 4.69) is 10.3 Å². The summed E-state index contributed by atoms with van der Waals surface area (Å²) in [5.41, 5.74) is -0.365. The van der Waals surface area contributed by atoms with Crippen molar-refractivity contribution >= 4 is 5.91 Å².